The second-order valence-corrected chi connectivity index (χ2v) is 12.7. The van der Waals surface area contributed by atoms with Gasteiger partial charge < -0.3 is 9.73 Å². The molecule has 10 rings (SSSR count). The molecule has 2 heterocycles. The van der Waals surface area contributed by atoms with Gasteiger partial charge in [-0.1, -0.05) is 140 Å². The van der Waals surface area contributed by atoms with Gasteiger partial charge >= 0.3 is 0 Å². The number of nitrogens with zero attached hydrogens (tertiary/aromatic N) is 1. The predicted molar refractivity (Wildman–Crippen MR) is 197 cm³/mol. The second-order valence-electron chi connectivity index (χ2n) is 12.7. The molecule has 0 bridgehead atoms. The molecule has 1 N–H and O–H groups in total. The lowest BCUT2D eigenvalue weighted by Crippen LogP contribution is -2.22. The maximum Gasteiger partial charge on any atom is 0.135 e. The van der Waals surface area contributed by atoms with Crippen LogP contribution in [0.3, 0.4) is 0 Å². The minimum atomic E-state index is -0.172. The van der Waals surface area contributed by atoms with Gasteiger partial charge in [0.1, 0.15) is 23.0 Å². The summed E-state index contributed by atoms with van der Waals surface area (Å²) in [6.07, 6.45) is 0. The van der Waals surface area contributed by atoms with E-state index in [1.54, 1.807) is 0 Å². The third-order valence-corrected chi connectivity index (χ3v) is 10.0. The van der Waals surface area contributed by atoms with E-state index in [0.29, 0.717) is 0 Å². The van der Waals surface area contributed by atoms with Crippen LogP contribution in [0.25, 0.3) is 44.2 Å². The van der Waals surface area contributed by atoms with Crippen molar-refractivity contribution in [3.63, 3.8) is 0 Å². The average molecular weight is 615 g/mol. The first-order chi connectivity index (χ1) is 23.8. The molecule has 2 aliphatic rings. The van der Waals surface area contributed by atoms with Crippen LogP contribution in [0.2, 0.25) is 0 Å². The Kier molecular flexibility index (Phi) is 6.00. The monoisotopic (exact) mass is 614 g/mol. The van der Waals surface area contributed by atoms with Gasteiger partial charge in [-0.05, 0) is 68.8 Å². The Hall–Kier alpha value is -6.19. The molecule has 0 fully saturated rings. The molecule has 1 aromatic heterocycles. The van der Waals surface area contributed by atoms with E-state index in [1.807, 2.05) is 6.07 Å². The lowest BCUT2D eigenvalue weighted by molar-refractivity contribution is 0.667. The molecule has 0 saturated carbocycles. The quantitative estimate of drug-likeness (QED) is 0.214. The van der Waals surface area contributed by atoms with Crippen molar-refractivity contribution in [1.29, 1.82) is 0 Å². The summed E-state index contributed by atoms with van der Waals surface area (Å²) in [6, 6.07) is 58.3. The molecule has 226 valence electrons. The molecule has 0 amide bonds. The molecule has 0 spiro atoms. The molecule has 8 aromatic rings. The molecule has 1 aliphatic carbocycles. The number of hydrogen-bond acceptors (Lipinski definition) is 3. The molecule has 0 saturated heterocycles. The van der Waals surface area contributed by atoms with Crippen LogP contribution in [-0.2, 0) is 0 Å². The fraction of sp³-hybridized carbons (Fsp3) is 0.0444. The van der Waals surface area contributed by atoms with E-state index in [2.05, 4.69) is 163 Å². The first-order valence-corrected chi connectivity index (χ1v) is 16.5. The Balaban J connectivity index is 1.11. The first-order valence-electron chi connectivity index (χ1n) is 16.5. The third kappa shape index (κ3) is 4.18. The van der Waals surface area contributed by atoms with E-state index in [-0.39, 0.29) is 12.0 Å². The van der Waals surface area contributed by atoms with Gasteiger partial charge in [-0.25, -0.2) is 0 Å². The zero-order chi connectivity index (χ0) is 31.6. The summed E-state index contributed by atoms with van der Waals surface area (Å²) in [5, 5.41) is 5.82. The number of amidine groups is 1. The van der Waals surface area contributed by atoms with Gasteiger partial charge in [0.05, 0.1) is 0 Å². The van der Waals surface area contributed by atoms with Crippen molar-refractivity contribution in [2.24, 2.45) is 4.99 Å². The van der Waals surface area contributed by atoms with Crippen LogP contribution in [0, 0.1) is 0 Å². The largest absolute Gasteiger partial charge is 0.456 e. The summed E-state index contributed by atoms with van der Waals surface area (Å²) in [7, 11) is 0. The van der Waals surface area contributed by atoms with Gasteiger partial charge in [0.2, 0.25) is 0 Å². The van der Waals surface area contributed by atoms with Crippen molar-refractivity contribution in [3.05, 3.63) is 197 Å². The minimum absolute atomic E-state index is 0.132. The molecule has 2 atom stereocenters. The highest BCUT2D eigenvalue weighted by molar-refractivity contribution is 6.11. The van der Waals surface area contributed by atoms with E-state index in [9.17, 15) is 0 Å². The second kappa shape index (κ2) is 10.7. The van der Waals surface area contributed by atoms with E-state index in [1.165, 1.54) is 38.9 Å². The standard InChI is InChI=1S/C45H30N2O/c1-3-12-28(13-4-1)30-22-24-34-38(26-30)32-16-7-8-17-33(32)42(34)31-23-25-36-41(27-31)48-40-21-11-19-37(43(36)40)44-35-18-9-10-20-39(35)46-45(47-44)29-14-5-2-6-15-29/h1-27,42,44H,(H,46,47)/t42-,44?/m0/s1. The topological polar surface area (TPSA) is 37.5 Å². The van der Waals surface area contributed by atoms with Gasteiger partial charge in [0.25, 0.3) is 0 Å². The maximum absolute atomic E-state index is 6.67. The fourth-order valence-corrected chi connectivity index (χ4v) is 7.84. The molecule has 48 heavy (non-hydrogen) atoms. The number of fused-ring (bicyclic) bond motifs is 7. The number of rotatable bonds is 4. The Morgan fingerprint density at radius 1 is 0.479 bits per heavy atom. The molecule has 0 radical (unpaired) electrons. The SMILES string of the molecule is c1ccc(C2=NC(c3cccc4oc5cc([C@H]6c7ccccc7-c7cc(-c8ccccc8)ccc76)ccc5c34)c3ccccc3N2)cc1. The zero-order valence-corrected chi connectivity index (χ0v) is 26.1. The highest BCUT2D eigenvalue weighted by Gasteiger charge is 2.31. The Labute approximate surface area is 278 Å². The van der Waals surface area contributed by atoms with Gasteiger partial charge in [0, 0.05) is 33.5 Å². The molecule has 1 aliphatic heterocycles. The molecule has 3 heteroatoms. The predicted octanol–water partition coefficient (Wildman–Crippen LogP) is 11.4. The molecule has 3 nitrogen and oxygen atoms in total. The number of para-hydroxylation sites is 1. The van der Waals surface area contributed by atoms with E-state index in [0.717, 1.165) is 50.2 Å². The third-order valence-electron chi connectivity index (χ3n) is 10.0. The van der Waals surface area contributed by atoms with Crippen molar-refractivity contribution < 1.29 is 4.42 Å². The fourth-order valence-electron chi connectivity index (χ4n) is 7.84. The lowest BCUT2D eigenvalue weighted by Gasteiger charge is -2.26. The van der Waals surface area contributed by atoms with Crippen molar-refractivity contribution in [1.82, 2.24) is 0 Å². The summed E-state index contributed by atoms with van der Waals surface area (Å²) < 4.78 is 6.67. The number of benzene rings is 7. The number of hydrogen-bond donors (Lipinski definition) is 1. The summed E-state index contributed by atoms with van der Waals surface area (Å²) in [6.45, 7) is 0. The molecular formula is C45H30N2O. The van der Waals surface area contributed by atoms with E-state index in [4.69, 9.17) is 9.41 Å². The Morgan fingerprint density at radius 3 is 2.04 bits per heavy atom. The smallest absolute Gasteiger partial charge is 0.135 e. The number of anilines is 1. The van der Waals surface area contributed by atoms with E-state index >= 15 is 0 Å². The molecule has 7 aromatic carbocycles. The highest BCUT2D eigenvalue weighted by atomic mass is 16.3. The molecular weight excluding hydrogens is 585 g/mol. The van der Waals surface area contributed by atoms with Crippen molar-refractivity contribution in [3.8, 4) is 22.3 Å². The summed E-state index contributed by atoms with van der Waals surface area (Å²) in [5.74, 6) is 1.01. The summed E-state index contributed by atoms with van der Waals surface area (Å²) in [4.78, 5) is 5.32. The maximum atomic E-state index is 6.67. The normalized spacial score (nSPS) is 16.2. The van der Waals surface area contributed by atoms with Crippen LogP contribution in [-0.4, -0.2) is 5.84 Å². The highest BCUT2D eigenvalue weighted by Crippen LogP contribution is 2.50. The van der Waals surface area contributed by atoms with Gasteiger partial charge in [-0.15, -0.1) is 0 Å². The minimum Gasteiger partial charge on any atom is -0.456 e. The van der Waals surface area contributed by atoms with Crippen LogP contribution in [0.1, 0.15) is 45.3 Å². The van der Waals surface area contributed by atoms with Gasteiger partial charge in [0.15, 0.2) is 0 Å². The van der Waals surface area contributed by atoms with Crippen LogP contribution >= 0.6 is 0 Å². The van der Waals surface area contributed by atoms with E-state index < -0.39 is 0 Å². The Morgan fingerprint density at radius 2 is 1.19 bits per heavy atom. The number of nitrogens with one attached hydrogen (secondary N) is 1. The zero-order valence-electron chi connectivity index (χ0n) is 26.1. The van der Waals surface area contributed by atoms with Crippen molar-refractivity contribution >= 4 is 33.5 Å². The van der Waals surface area contributed by atoms with Crippen molar-refractivity contribution in [2.45, 2.75) is 12.0 Å². The average Bonchev–Trinajstić information content (AvgIpc) is 3.70. The van der Waals surface area contributed by atoms with Crippen molar-refractivity contribution in [2.75, 3.05) is 5.32 Å². The number of aliphatic imine (C=N–C) groups is 1. The van der Waals surface area contributed by atoms with Crippen LogP contribution in [0.15, 0.2) is 173 Å². The van der Waals surface area contributed by atoms with Crippen LogP contribution in [0.4, 0.5) is 5.69 Å². The number of furan rings is 1. The van der Waals surface area contributed by atoms with Crippen LogP contribution < -0.4 is 5.32 Å². The lowest BCUT2D eigenvalue weighted by atomic mass is 9.88. The van der Waals surface area contributed by atoms with Gasteiger partial charge in [-0.3, -0.25) is 4.99 Å². The van der Waals surface area contributed by atoms with Gasteiger partial charge in [-0.2, -0.15) is 0 Å². The first kappa shape index (κ1) is 27.0. The Bertz CT molecular complexity index is 2550. The molecule has 1 unspecified atom stereocenters. The van der Waals surface area contributed by atoms with Crippen LogP contribution in [0.5, 0.6) is 0 Å². The summed E-state index contributed by atoms with van der Waals surface area (Å²) in [5.41, 5.74) is 15.2. The summed E-state index contributed by atoms with van der Waals surface area (Å²) >= 11 is 0.